The topological polar surface area (TPSA) is 87.2 Å². The van der Waals surface area contributed by atoms with Crippen LogP contribution in [0.4, 0.5) is 0 Å². The maximum Gasteiger partial charge on any atom is 0.308 e. The van der Waals surface area contributed by atoms with E-state index in [0.29, 0.717) is 32.7 Å². The van der Waals surface area contributed by atoms with Crippen molar-refractivity contribution in [1.82, 2.24) is 9.80 Å². The molecule has 2 amide bonds. The maximum atomic E-state index is 12.3. The van der Waals surface area contributed by atoms with Crippen molar-refractivity contribution in [3.05, 3.63) is 0 Å². The van der Waals surface area contributed by atoms with Crippen LogP contribution in [0.2, 0.25) is 0 Å². The van der Waals surface area contributed by atoms with E-state index in [9.17, 15) is 14.4 Å². The Morgan fingerprint density at radius 3 is 2.70 bits per heavy atom. The Labute approximate surface area is 117 Å². The summed E-state index contributed by atoms with van der Waals surface area (Å²) < 4.78 is 4.93. The largest absolute Gasteiger partial charge is 0.481 e. The quantitative estimate of drug-likeness (QED) is 0.729. The number of hydrogen-bond donors (Lipinski definition) is 1. The lowest BCUT2D eigenvalue weighted by molar-refractivity contribution is -0.141. The smallest absolute Gasteiger partial charge is 0.308 e. The molecule has 2 fully saturated rings. The lowest BCUT2D eigenvalue weighted by Crippen LogP contribution is -2.37. The Hall–Kier alpha value is -1.63. The molecule has 1 N–H and O–H groups in total. The number of carbonyl (C=O) groups is 3. The fourth-order valence-electron chi connectivity index (χ4n) is 2.78. The predicted octanol–water partition coefficient (Wildman–Crippen LogP) is -0.586. The van der Waals surface area contributed by atoms with Gasteiger partial charge in [0.2, 0.25) is 11.8 Å². The van der Waals surface area contributed by atoms with Gasteiger partial charge in [-0.25, -0.2) is 0 Å². The van der Waals surface area contributed by atoms with Crippen molar-refractivity contribution in [2.24, 2.45) is 11.8 Å². The van der Waals surface area contributed by atoms with Gasteiger partial charge in [-0.2, -0.15) is 0 Å². The number of likely N-dealkylation sites (tertiary alicyclic amines) is 2. The second kappa shape index (κ2) is 6.21. The molecule has 2 aliphatic heterocycles. The lowest BCUT2D eigenvalue weighted by atomic mass is 10.1. The molecule has 0 spiro atoms. The highest BCUT2D eigenvalue weighted by Crippen LogP contribution is 2.24. The number of carbonyl (C=O) groups excluding carboxylic acids is 2. The van der Waals surface area contributed by atoms with Gasteiger partial charge in [0, 0.05) is 39.7 Å². The summed E-state index contributed by atoms with van der Waals surface area (Å²) in [5.74, 6) is -1.80. The molecule has 0 aromatic rings. The first-order valence-electron chi connectivity index (χ1n) is 6.81. The Balaban J connectivity index is 1.88. The summed E-state index contributed by atoms with van der Waals surface area (Å²) in [5, 5.41) is 8.95. The first-order valence-corrected chi connectivity index (χ1v) is 6.81. The number of carboxylic acids is 1. The molecular formula is C13H20N2O5. The molecule has 0 aromatic heterocycles. The zero-order valence-electron chi connectivity index (χ0n) is 11.6. The molecule has 0 bridgehead atoms. The molecule has 2 saturated heterocycles. The molecule has 0 saturated carbocycles. The minimum Gasteiger partial charge on any atom is -0.481 e. The Morgan fingerprint density at radius 2 is 2.10 bits per heavy atom. The predicted molar refractivity (Wildman–Crippen MR) is 68.9 cm³/mol. The maximum absolute atomic E-state index is 12.3. The second-order valence-electron chi connectivity index (χ2n) is 5.34. The fourth-order valence-corrected chi connectivity index (χ4v) is 2.78. The highest BCUT2D eigenvalue weighted by atomic mass is 16.5. The van der Waals surface area contributed by atoms with Gasteiger partial charge in [0.15, 0.2) is 0 Å². The van der Waals surface area contributed by atoms with E-state index in [4.69, 9.17) is 9.84 Å². The highest BCUT2D eigenvalue weighted by molar-refractivity contribution is 5.89. The average molecular weight is 284 g/mol. The number of aliphatic carboxylic acids is 1. The van der Waals surface area contributed by atoms with Crippen molar-refractivity contribution in [2.45, 2.75) is 12.8 Å². The molecule has 0 aromatic carbocycles. The van der Waals surface area contributed by atoms with Gasteiger partial charge >= 0.3 is 5.97 Å². The van der Waals surface area contributed by atoms with E-state index in [1.165, 1.54) is 0 Å². The van der Waals surface area contributed by atoms with Crippen molar-refractivity contribution in [3.63, 3.8) is 0 Å². The summed E-state index contributed by atoms with van der Waals surface area (Å²) in [6.07, 6.45) is 0.714. The Kier molecular flexibility index (Phi) is 4.59. The zero-order chi connectivity index (χ0) is 14.7. The molecule has 20 heavy (non-hydrogen) atoms. The van der Waals surface area contributed by atoms with Crippen LogP contribution in [0.1, 0.15) is 12.8 Å². The van der Waals surface area contributed by atoms with E-state index >= 15 is 0 Å². The van der Waals surface area contributed by atoms with Gasteiger partial charge in [-0.15, -0.1) is 0 Å². The third kappa shape index (κ3) is 3.09. The van der Waals surface area contributed by atoms with E-state index in [-0.39, 0.29) is 30.7 Å². The number of nitrogens with zero attached hydrogens (tertiary/aromatic N) is 2. The van der Waals surface area contributed by atoms with Crippen LogP contribution in [-0.4, -0.2) is 72.6 Å². The summed E-state index contributed by atoms with van der Waals surface area (Å²) in [5.41, 5.74) is 0. The van der Waals surface area contributed by atoms with Gasteiger partial charge in [-0.1, -0.05) is 0 Å². The van der Waals surface area contributed by atoms with Crippen molar-refractivity contribution >= 4 is 17.8 Å². The third-order valence-electron chi connectivity index (χ3n) is 3.98. The van der Waals surface area contributed by atoms with E-state index in [1.807, 2.05) is 0 Å². The standard InChI is InChI=1S/C13H20N2O5/c1-20-5-4-14-8-10(6-11(14)16)12(17)15-3-2-9(7-15)13(18)19/h9-10H,2-8H2,1H3,(H,18,19). The van der Waals surface area contributed by atoms with Crippen LogP contribution >= 0.6 is 0 Å². The second-order valence-corrected chi connectivity index (χ2v) is 5.34. The van der Waals surface area contributed by atoms with Crippen LogP contribution < -0.4 is 0 Å². The van der Waals surface area contributed by atoms with Crippen molar-refractivity contribution < 1.29 is 24.2 Å². The molecule has 2 heterocycles. The highest BCUT2D eigenvalue weighted by Gasteiger charge is 2.39. The number of carboxylic acid groups (broad SMARTS) is 1. The van der Waals surface area contributed by atoms with Gasteiger partial charge < -0.3 is 19.6 Å². The van der Waals surface area contributed by atoms with E-state index < -0.39 is 11.9 Å². The molecule has 112 valence electrons. The zero-order valence-corrected chi connectivity index (χ0v) is 11.6. The van der Waals surface area contributed by atoms with Crippen LogP contribution in [-0.2, 0) is 19.1 Å². The first kappa shape index (κ1) is 14.8. The normalized spacial score (nSPS) is 26.4. The SMILES string of the molecule is COCCN1CC(C(=O)N2CCC(C(=O)O)C2)CC1=O. The van der Waals surface area contributed by atoms with Gasteiger partial charge in [0.1, 0.15) is 0 Å². The van der Waals surface area contributed by atoms with E-state index in [1.54, 1.807) is 16.9 Å². The van der Waals surface area contributed by atoms with Crippen LogP contribution in [0.25, 0.3) is 0 Å². The molecule has 2 atom stereocenters. The average Bonchev–Trinajstić information content (AvgIpc) is 3.02. The summed E-state index contributed by atoms with van der Waals surface area (Å²) in [6, 6.07) is 0. The molecule has 0 radical (unpaired) electrons. The summed E-state index contributed by atoms with van der Waals surface area (Å²) >= 11 is 0. The molecule has 7 heteroatoms. The minimum atomic E-state index is -0.857. The molecule has 2 rings (SSSR count). The van der Waals surface area contributed by atoms with E-state index in [0.717, 1.165) is 0 Å². The lowest BCUT2D eigenvalue weighted by Gasteiger charge is -2.20. The molecule has 0 aliphatic carbocycles. The van der Waals surface area contributed by atoms with Gasteiger partial charge in [0.05, 0.1) is 18.4 Å². The van der Waals surface area contributed by atoms with Gasteiger partial charge in [0.25, 0.3) is 0 Å². The summed E-state index contributed by atoms with van der Waals surface area (Å²) in [4.78, 5) is 38.2. The van der Waals surface area contributed by atoms with Crippen molar-refractivity contribution in [3.8, 4) is 0 Å². The first-order chi connectivity index (χ1) is 9.52. The summed E-state index contributed by atoms with van der Waals surface area (Å²) in [7, 11) is 1.57. The van der Waals surface area contributed by atoms with Crippen LogP contribution in [0.15, 0.2) is 0 Å². The van der Waals surface area contributed by atoms with Crippen LogP contribution in [0.5, 0.6) is 0 Å². The van der Waals surface area contributed by atoms with Crippen LogP contribution in [0.3, 0.4) is 0 Å². The number of amides is 2. The molecular weight excluding hydrogens is 264 g/mol. The molecule has 2 aliphatic rings. The molecule has 7 nitrogen and oxygen atoms in total. The fraction of sp³-hybridized carbons (Fsp3) is 0.769. The van der Waals surface area contributed by atoms with Crippen molar-refractivity contribution in [2.75, 3.05) is 39.9 Å². The van der Waals surface area contributed by atoms with Crippen LogP contribution in [0, 0.1) is 11.8 Å². The molecule has 2 unspecified atom stereocenters. The minimum absolute atomic E-state index is 0.0330. The third-order valence-corrected chi connectivity index (χ3v) is 3.98. The number of rotatable bonds is 5. The Bertz CT molecular complexity index is 412. The van der Waals surface area contributed by atoms with Gasteiger partial charge in [-0.3, -0.25) is 14.4 Å². The number of ether oxygens (including phenoxy) is 1. The van der Waals surface area contributed by atoms with Gasteiger partial charge in [-0.05, 0) is 6.42 Å². The Morgan fingerprint density at radius 1 is 1.35 bits per heavy atom. The monoisotopic (exact) mass is 284 g/mol. The van der Waals surface area contributed by atoms with Crippen molar-refractivity contribution in [1.29, 1.82) is 0 Å². The number of hydrogen-bond acceptors (Lipinski definition) is 4. The van der Waals surface area contributed by atoms with E-state index in [2.05, 4.69) is 0 Å². The number of methoxy groups -OCH3 is 1. The summed E-state index contributed by atoms with van der Waals surface area (Å²) in [6.45, 7) is 2.10.